The zero-order valence-electron chi connectivity index (χ0n) is 14.1. The number of aryl methyl sites for hydroxylation is 1. The first-order chi connectivity index (χ1) is 12.1. The van der Waals surface area contributed by atoms with Gasteiger partial charge in [0.1, 0.15) is 11.4 Å². The number of Topliss-reactive ketones (excluding diaryl/α,β-unsaturated/α-hetero) is 1. The number of rotatable bonds is 5. The van der Waals surface area contributed by atoms with Crippen LogP contribution in [-0.2, 0) is 6.54 Å². The van der Waals surface area contributed by atoms with Crippen molar-refractivity contribution >= 4 is 17.2 Å². The van der Waals surface area contributed by atoms with Crippen molar-refractivity contribution in [2.45, 2.75) is 20.4 Å². The van der Waals surface area contributed by atoms with Crippen LogP contribution in [0.4, 0.5) is 11.4 Å². The normalized spacial score (nSPS) is 10.5. The lowest BCUT2D eigenvalue weighted by Gasteiger charge is -2.16. The maximum absolute atomic E-state index is 12.8. The molecule has 3 aromatic rings. The molecule has 0 fully saturated rings. The van der Waals surface area contributed by atoms with E-state index < -0.39 is 0 Å². The van der Waals surface area contributed by atoms with E-state index in [-0.39, 0.29) is 22.6 Å². The molecular formula is C19H18N4O2. The lowest BCUT2D eigenvalue weighted by Crippen LogP contribution is -2.28. The summed E-state index contributed by atoms with van der Waals surface area (Å²) in [7, 11) is 0. The van der Waals surface area contributed by atoms with E-state index in [2.05, 4.69) is 15.4 Å². The van der Waals surface area contributed by atoms with E-state index in [1.807, 2.05) is 37.3 Å². The van der Waals surface area contributed by atoms with Crippen LogP contribution in [-0.4, -0.2) is 20.5 Å². The van der Waals surface area contributed by atoms with Crippen LogP contribution in [0.3, 0.4) is 0 Å². The van der Waals surface area contributed by atoms with Gasteiger partial charge in [0.2, 0.25) is 0 Å². The molecule has 0 amide bonds. The van der Waals surface area contributed by atoms with E-state index in [4.69, 9.17) is 0 Å². The Labute approximate surface area is 145 Å². The number of carbonyl (C=O) groups is 1. The van der Waals surface area contributed by atoms with Gasteiger partial charge in [0.05, 0.1) is 5.56 Å². The van der Waals surface area contributed by atoms with Gasteiger partial charge in [-0.2, -0.15) is 5.10 Å². The molecule has 0 saturated heterocycles. The molecule has 3 rings (SSSR count). The predicted molar refractivity (Wildman–Crippen MR) is 97.1 cm³/mol. The Kier molecular flexibility index (Phi) is 4.70. The van der Waals surface area contributed by atoms with Gasteiger partial charge in [-0.25, -0.2) is 4.68 Å². The minimum absolute atomic E-state index is 0.224. The summed E-state index contributed by atoms with van der Waals surface area (Å²) in [6, 6.07) is 12.8. The molecule has 2 heterocycles. The minimum atomic E-state index is -0.325. The summed E-state index contributed by atoms with van der Waals surface area (Å²) < 4.78 is 1.35. The third-order valence-corrected chi connectivity index (χ3v) is 3.80. The zero-order chi connectivity index (χ0) is 17.8. The lowest BCUT2D eigenvalue weighted by atomic mass is 10.0. The van der Waals surface area contributed by atoms with Crippen LogP contribution in [0.15, 0.2) is 59.7 Å². The van der Waals surface area contributed by atoms with E-state index in [9.17, 15) is 9.59 Å². The number of aromatic nitrogens is 3. The molecule has 0 spiro atoms. The fourth-order valence-corrected chi connectivity index (χ4v) is 2.62. The second-order valence-electron chi connectivity index (χ2n) is 5.50. The second kappa shape index (κ2) is 7.09. The van der Waals surface area contributed by atoms with E-state index in [1.54, 1.807) is 24.5 Å². The van der Waals surface area contributed by atoms with Gasteiger partial charge in [0.25, 0.3) is 5.56 Å². The van der Waals surface area contributed by atoms with Gasteiger partial charge < -0.3 is 5.32 Å². The van der Waals surface area contributed by atoms with Crippen molar-refractivity contribution in [3.05, 3.63) is 70.8 Å². The number of nitrogens with one attached hydrogen (secondary N) is 1. The summed E-state index contributed by atoms with van der Waals surface area (Å²) in [5, 5.41) is 7.50. The molecule has 0 aliphatic carbocycles. The maximum Gasteiger partial charge on any atom is 0.291 e. The standard InChI is InChI=1S/C19H18N4O2/c1-3-23-19(25)18(21-15-7-5-4-6-8-15)16(13(2)24)17(22-23)14-9-11-20-12-10-14/h4-12,21H,3H2,1-2H3. The van der Waals surface area contributed by atoms with Gasteiger partial charge >= 0.3 is 0 Å². The van der Waals surface area contributed by atoms with Crippen molar-refractivity contribution in [2.24, 2.45) is 0 Å². The summed E-state index contributed by atoms with van der Waals surface area (Å²) in [5.41, 5.74) is 2.13. The lowest BCUT2D eigenvalue weighted by molar-refractivity contribution is 0.101. The van der Waals surface area contributed by atoms with Gasteiger partial charge in [0, 0.05) is 30.2 Å². The van der Waals surface area contributed by atoms with Gasteiger partial charge in [-0.1, -0.05) is 18.2 Å². The Hall–Kier alpha value is -3.28. The van der Waals surface area contributed by atoms with Gasteiger partial charge in [-0.15, -0.1) is 0 Å². The summed E-state index contributed by atoms with van der Waals surface area (Å²) in [6.07, 6.45) is 3.26. The largest absolute Gasteiger partial charge is 0.350 e. The van der Waals surface area contributed by atoms with Gasteiger partial charge in [-0.05, 0) is 38.1 Å². The first-order valence-electron chi connectivity index (χ1n) is 8.00. The fourth-order valence-electron chi connectivity index (χ4n) is 2.62. The van der Waals surface area contributed by atoms with Crippen molar-refractivity contribution in [3.63, 3.8) is 0 Å². The van der Waals surface area contributed by atoms with Crippen LogP contribution in [0.25, 0.3) is 11.3 Å². The topological polar surface area (TPSA) is 76.9 Å². The first-order valence-corrected chi connectivity index (χ1v) is 8.00. The molecule has 1 N–H and O–H groups in total. The molecule has 6 heteroatoms. The third-order valence-electron chi connectivity index (χ3n) is 3.80. The number of pyridine rings is 1. The molecule has 0 aliphatic rings. The Bertz CT molecular complexity index is 950. The van der Waals surface area contributed by atoms with E-state index in [1.165, 1.54) is 11.6 Å². The number of hydrogen-bond donors (Lipinski definition) is 1. The summed E-state index contributed by atoms with van der Waals surface area (Å²) in [4.78, 5) is 29.1. The number of anilines is 2. The Morgan fingerprint density at radius 3 is 2.40 bits per heavy atom. The molecule has 0 radical (unpaired) electrons. The summed E-state index contributed by atoms with van der Waals surface area (Å²) >= 11 is 0. The first kappa shape index (κ1) is 16.6. The number of nitrogens with zero attached hydrogens (tertiary/aromatic N) is 3. The Morgan fingerprint density at radius 2 is 1.80 bits per heavy atom. The minimum Gasteiger partial charge on any atom is -0.350 e. The maximum atomic E-state index is 12.8. The van der Waals surface area contributed by atoms with Crippen molar-refractivity contribution in [3.8, 4) is 11.3 Å². The number of carbonyl (C=O) groups excluding carboxylic acids is 1. The van der Waals surface area contributed by atoms with Crippen LogP contribution in [0, 0.1) is 0 Å². The molecule has 2 aromatic heterocycles. The van der Waals surface area contributed by atoms with E-state index in [0.29, 0.717) is 12.2 Å². The van der Waals surface area contributed by atoms with E-state index >= 15 is 0 Å². The van der Waals surface area contributed by atoms with Crippen LogP contribution in [0.1, 0.15) is 24.2 Å². The average Bonchev–Trinajstić information content (AvgIpc) is 2.64. The fraction of sp³-hybridized carbons (Fsp3) is 0.158. The molecule has 0 aliphatic heterocycles. The Balaban J connectivity index is 2.28. The van der Waals surface area contributed by atoms with Gasteiger partial charge in [-0.3, -0.25) is 14.6 Å². The molecule has 0 atom stereocenters. The number of para-hydroxylation sites is 1. The highest BCUT2D eigenvalue weighted by Gasteiger charge is 2.21. The van der Waals surface area contributed by atoms with Gasteiger partial charge in [0.15, 0.2) is 5.78 Å². The predicted octanol–water partition coefficient (Wildman–Crippen LogP) is 3.27. The molecule has 6 nitrogen and oxygen atoms in total. The Morgan fingerprint density at radius 1 is 1.12 bits per heavy atom. The second-order valence-corrected chi connectivity index (χ2v) is 5.50. The van der Waals surface area contributed by atoms with E-state index in [0.717, 1.165) is 11.3 Å². The molecular weight excluding hydrogens is 316 g/mol. The summed E-state index contributed by atoms with van der Waals surface area (Å²) in [5.74, 6) is -0.224. The molecule has 126 valence electrons. The molecule has 1 aromatic carbocycles. The smallest absolute Gasteiger partial charge is 0.291 e. The van der Waals surface area contributed by atoms with Crippen LogP contribution in [0.5, 0.6) is 0 Å². The molecule has 0 unspecified atom stereocenters. The zero-order valence-corrected chi connectivity index (χ0v) is 14.1. The van der Waals surface area contributed by atoms with Crippen molar-refractivity contribution in [2.75, 3.05) is 5.32 Å². The van der Waals surface area contributed by atoms with Crippen molar-refractivity contribution in [1.29, 1.82) is 0 Å². The number of benzene rings is 1. The highest BCUT2D eigenvalue weighted by Crippen LogP contribution is 2.27. The highest BCUT2D eigenvalue weighted by molar-refractivity contribution is 6.05. The third kappa shape index (κ3) is 3.33. The number of hydrogen-bond acceptors (Lipinski definition) is 5. The monoisotopic (exact) mass is 334 g/mol. The SMILES string of the molecule is CCn1nc(-c2ccncc2)c(C(C)=O)c(Nc2ccccc2)c1=O. The molecule has 0 saturated carbocycles. The van der Waals surface area contributed by atoms with Crippen LogP contribution >= 0.6 is 0 Å². The molecule has 25 heavy (non-hydrogen) atoms. The van der Waals surface area contributed by atoms with Crippen LogP contribution in [0.2, 0.25) is 0 Å². The quantitative estimate of drug-likeness (QED) is 0.725. The number of ketones is 1. The van der Waals surface area contributed by atoms with Crippen molar-refractivity contribution in [1.82, 2.24) is 14.8 Å². The summed E-state index contributed by atoms with van der Waals surface area (Å²) in [6.45, 7) is 3.68. The van der Waals surface area contributed by atoms with Crippen molar-refractivity contribution < 1.29 is 4.79 Å². The highest BCUT2D eigenvalue weighted by atomic mass is 16.1. The van der Waals surface area contributed by atoms with Crippen LogP contribution < -0.4 is 10.9 Å². The average molecular weight is 334 g/mol. The molecule has 0 bridgehead atoms.